The van der Waals surface area contributed by atoms with Gasteiger partial charge >= 0.3 is 0 Å². The van der Waals surface area contributed by atoms with Gasteiger partial charge in [0.2, 0.25) is 0 Å². The second-order valence-electron chi connectivity index (χ2n) is 4.15. The molecule has 0 aromatic rings. The lowest BCUT2D eigenvalue weighted by Gasteiger charge is -2.70. The van der Waals surface area contributed by atoms with Crippen molar-refractivity contribution in [3.63, 3.8) is 0 Å². The molecule has 1 heteroatoms. The number of hydrogen-bond acceptors (Lipinski definition) is 1. The van der Waals surface area contributed by atoms with E-state index in [0.717, 1.165) is 12.0 Å². The average Bonchev–Trinajstić information content (AvgIpc) is 1.60. The van der Waals surface area contributed by atoms with E-state index in [2.05, 4.69) is 19.2 Å². The molecule has 2 bridgehead atoms. The first-order chi connectivity index (χ1) is 4.18. The van der Waals surface area contributed by atoms with Gasteiger partial charge < -0.3 is 5.32 Å². The molecule has 3 aliphatic rings. The Morgan fingerprint density at radius 3 is 2.22 bits per heavy atom. The Kier molecular flexibility index (Phi) is 0.852. The first-order valence-corrected chi connectivity index (χ1v) is 3.93. The van der Waals surface area contributed by atoms with E-state index in [9.17, 15) is 0 Å². The van der Waals surface area contributed by atoms with Crippen LogP contribution in [0.4, 0.5) is 0 Å². The first kappa shape index (κ1) is 5.72. The monoisotopic (exact) mass is 125 g/mol. The van der Waals surface area contributed by atoms with Gasteiger partial charge in [-0.25, -0.2) is 0 Å². The summed E-state index contributed by atoms with van der Waals surface area (Å²) < 4.78 is 0. The van der Waals surface area contributed by atoms with Crippen molar-refractivity contribution in [2.45, 2.75) is 38.6 Å². The van der Waals surface area contributed by atoms with Crippen molar-refractivity contribution in [3.05, 3.63) is 0 Å². The lowest BCUT2D eigenvalue weighted by atomic mass is 9.40. The Hall–Kier alpha value is -0.0400. The third-order valence-electron chi connectivity index (χ3n) is 2.85. The average molecular weight is 125 g/mol. The second kappa shape index (κ2) is 1.34. The van der Waals surface area contributed by atoms with E-state index in [1.165, 1.54) is 19.3 Å². The fourth-order valence-corrected chi connectivity index (χ4v) is 2.86. The van der Waals surface area contributed by atoms with Crippen molar-refractivity contribution in [1.82, 2.24) is 5.32 Å². The highest BCUT2D eigenvalue weighted by molar-refractivity contribution is 5.20. The number of hydrogen-bond donors (Lipinski definition) is 1. The smallest absolute Gasteiger partial charge is 0.0197 e. The van der Waals surface area contributed by atoms with Gasteiger partial charge in [-0.2, -0.15) is 0 Å². The summed E-state index contributed by atoms with van der Waals surface area (Å²) in [4.78, 5) is 0. The molecule has 0 radical (unpaired) electrons. The summed E-state index contributed by atoms with van der Waals surface area (Å²) in [6.45, 7) is 5.74. The Morgan fingerprint density at radius 2 is 1.89 bits per heavy atom. The van der Waals surface area contributed by atoms with Crippen LogP contribution in [0.2, 0.25) is 0 Å². The van der Waals surface area contributed by atoms with Crippen LogP contribution in [-0.2, 0) is 0 Å². The molecule has 0 amide bonds. The Morgan fingerprint density at radius 1 is 1.33 bits per heavy atom. The van der Waals surface area contributed by atoms with Crippen molar-refractivity contribution >= 4 is 0 Å². The molecule has 3 fully saturated rings. The Balaban J connectivity index is 1.90. The zero-order chi connectivity index (χ0) is 6.54. The normalized spacial score (nSPS) is 54.0. The van der Waals surface area contributed by atoms with Gasteiger partial charge in [0.25, 0.3) is 0 Å². The van der Waals surface area contributed by atoms with Gasteiger partial charge in [0.05, 0.1) is 0 Å². The van der Waals surface area contributed by atoms with Crippen molar-refractivity contribution in [3.8, 4) is 0 Å². The van der Waals surface area contributed by atoms with Gasteiger partial charge in [-0.1, -0.05) is 13.8 Å². The van der Waals surface area contributed by atoms with Crippen LogP contribution in [-0.4, -0.2) is 12.1 Å². The zero-order valence-electron chi connectivity index (χ0n) is 6.33. The van der Waals surface area contributed by atoms with Gasteiger partial charge in [-0.05, 0) is 31.2 Å². The van der Waals surface area contributed by atoms with Crippen LogP contribution >= 0.6 is 0 Å². The minimum absolute atomic E-state index is 0.628. The fraction of sp³-hybridized carbons (Fsp3) is 1.00. The van der Waals surface area contributed by atoms with Gasteiger partial charge in [-0.3, -0.25) is 0 Å². The summed E-state index contributed by atoms with van der Waals surface area (Å²) in [5.74, 6) is 0. The molecule has 0 aliphatic heterocycles. The molecule has 0 aromatic carbocycles. The van der Waals surface area contributed by atoms with Crippen LogP contribution in [0.3, 0.4) is 0 Å². The third kappa shape index (κ3) is 0.586. The summed E-state index contributed by atoms with van der Waals surface area (Å²) in [6, 6.07) is 0. The Labute approximate surface area is 56.8 Å². The van der Waals surface area contributed by atoms with Gasteiger partial charge in [0.1, 0.15) is 0 Å². The standard InChI is InChI=1S/C8H15N/c1-3-9-8-4-7(2,5-8)6-8/h9H,3-6H2,1-2H3. The van der Waals surface area contributed by atoms with E-state index in [0.29, 0.717) is 5.54 Å². The minimum atomic E-state index is 0.628. The topological polar surface area (TPSA) is 12.0 Å². The lowest BCUT2D eigenvalue weighted by molar-refractivity contribution is -0.139. The first-order valence-electron chi connectivity index (χ1n) is 3.93. The van der Waals surface area contributed by atoms with Gasteiger partial charge in [-0.15, -0.1) is 0 Å². The number of rotatable bonds is 2. The van der Waals surface area contributed by atoms with Crippen LogP contribution < -0.4 is 5.32 Å². The molecular formula is C8H15N. The molecule has 3 aliphatic carbocycles. The van der Waals surface area contributed by atoms with Crippen molar-refractivity contribution < 1.29 is 0 Å². The lowest BCUT2D eigenvalue weighted by Crippen LogP contribution is -2.72. The van der Waals surface area contributed by atoms with Crippen LogP contribution in [0.15, 0.2) is 0 Å². The summed E-state index contributed by atoms with van der Waals surface area (Å²) >= 11 is 0. The largest absolute Gasteiger partial charge is 0.311 e. The van der Waals surface area contributed by atoms with Crippen molar-refractivity contribution in [1.29, 1.82) is 0 Å². The quantitative estimate of drug-likeness (QED) is 0.590. The summed E-state index contributed by atoms with van der Waals surface area (Å²) in [7, 11) is 0. The molecule has 0 unspecified atom stereocenters. The van der Waals surface area contributed by atoms with E-state index in [4.69, 9.17) is 0 Å². The molecule has 0 atom stereocenters. The van der Waals surface area contributed by atoms with E-state index in [1.54, 1.807) is 0 Å². The molecule has 0 heterocycles. The van der Waals surface area contributed by atoms with E-state index < -0.39 is 0 Å². The van der Waals surface area contributed by atoms with Crippen LogP contribution in [0.25, 0.3) is 0 Å². The summed E-state index contributed by atoms with van der Waals surface area (Å²) in [6.07, 6.45) is 4.32. The Bertz CT molecular complexity index is 114. The fourth-order valence-electron chi connectivity index (χ4n) is 2.86. The molecule has 1 nitrogen and oxygen atoms in total. The highest BCUT2D eigenvalue weighted by atomic mass is 15.1. The van der Waals surface area contributed by atoms with Crippen LogP contribution in [0.1, 0.15) is 33.1 Å². The summed E-state index contributed by atoms with van der Waals surface area (Å²) in [5, 5.41) is 3.55. The number of nitrogens with one attached hydrogen (secondary N) is 1. The van der Waals surface area contributed by atoms with Crippen LogP contribution in [0, 0.1) is 5.41 Å². The van der Waals surface area contributed by atoms with Gasteiger partial charge in [0, 0.05) is 5.54 Å². The van der Waals surface area contributed by atoms with Crippen LogP contribution in [0.5, 0.6) is 0 Å². The maximum atomic E-state index is 3.55. The molecule has 52 valence electrons. The highest BCUT2D eigenvalue weighted by Gasteiger charge is 2.64. The molecule has 9 heavy (non-hydrogen) atoms. The molecule has 0 saturated heterocycles. The maximum absolute atomic E-state index is 3.55. The SMILES string of the molecule is CCNC12CC(C)(C1)C2. The summed E-state index contributed by atoms with van der Waals surface area (Å²) in [5.41, 5.74) is 1.39. The molecule has 1 N–H and O–H groups in total. The predicted octanol–water partition coefficient (Wildman–Crippen LogP) is 1.54. The molecule has 3 rings (SSSR count). The third-order valence-corrected chi connectivity index (χ3v) is 2.85. The zero-order valence-corrected chi connectivity index (χ0v) is 6.33. The maximum Gasteiger partial charge on any atom is 0.0197 e. The van der Waals surface area contributed by atoms with Crippen molar-refractivity contribution in [2.75, 3.05) is 6.54 Å². The van der Waals surface area contributed by atoms with Crippen molar-refractivity contribution in [2.24, 2.45) is 5.41 Å². The second-order valence-corrected chi connectivity index (χ2v) is 4.15. The molecule has 3 saturated carbocycles. The van der Waals surface area contributed by atoms with E-state index in [-0.39, 0.29) is 0 Å². The van der Waals surface area contributed by atoms with E-state index in [1.807, 2.05) is 0 Å². The predicted molar refractivity (Wildman–Crippen MR) is 38.4 cm³/mol. The molecular weight excluding hydrogens is 110 g/mol. The minimum Gasteiger partial charge on any atom is -0.311 e. The molecule has 0 aromatic heterocycles. The highest BCUT2D eigenvalue weighted by Crippen LogP contribution is 2.66. The molecule has 0 spiro atoms. The van der Waals surface area contributed by atoms with E-state index >= 15 is 0 Å². The van der Waals surface area contributed by atoms with Gasteiger partial charge in [0.15, 0.2) is 0 Å².